The lowest BCUT2D eigenvalue weighted by atomic mass is 9.76. The molecule has 0 bridgehead atoms. The molecule has 3 fully saturated rings. The Balaban J connectivity index is 1.35. The maximum Gasteiger partial charge on any atom is 0.262 e. The van der Waals surface area contributed by atoms with E-state index in [2.05, 4.69) is 16.0 Å². The molecular formula is C23H28N4O4. The molecule has 1 saturated carbocycles. The first kappa shape index (κ1) is 20.3. The van der Waals surface area contributed by atoms with Crippen LogP contribution in [0.5, 0.6) is 0 Å². The summed E-state index contributed by atoms with van der Waals surface area (Å²) in [6, 6.07) is 5.17. The standard InChI is InChI=1S/C23H28N4O4/c28-18-10-9-17(21(29)26-18)27-22(30)15-7-1-5-14(19(15)23(27)31)12-25-16-8-2-4-13-6-3-11-24-20(13)16/h1,5,7,13,16-17,20,24-25H,2-4,6,8-12H2,(H,26,28,29). The summed E-state index contributed by atoms with van der Waals surface area (Å²) in [6.45, 7) is 1.55. The van der Waals surface area contributed by atoms with Crippen molar-refractivity contribution in [2.24, 2.45) is 5.92 Å². The number of piperidine rings is 2. The average Bonchev–Trinajstić information content (AvgIpc) is 3.03. The molecule has 8 heteroatoms. The lowest BCUT2D eigenvalue weighted by Crippen LogP contribution is -2.56. The molecule has 0 aromatic heterocycles. The third kappa shape index (κ3) is 3.57. The monoisotopic (exact) mass is 424 g/mol. The van der Waals surface area contributed by atoms with Crippen molar-refractivity contribution in [3.05, 3.63) is 34.9 Å². The van der Waals surface area contributed by atoms with Crippen molar-refractivity contribution in [2.75, 3.05) is 6.54 Å². The molecule has 3 heterocycles. The first-order chi connectivity index (χ1) is 15.0. The minimum Gasteiger partial charge on any atom is -0.312 e. The molecule has 2 saturated heterocycles. The molecule has 4 aliphatic rings. The number of hydrogen-bond donors (Lipinski definition) is 3. The minimum absolute atomic E-state index is 0.120. The number of imide groups is 2. The fourth-order valence-electron chi connectivity index (χ4n) is 5.76. The molecule has 4 amide bonds. The lowest BCUT2D eigenvalue weighted by Gasteiger charge is -2.42. The van der Waals surface area contributed by atoms with E-state index in [1.54, 1.807) is 12.1 Å². The lowest BCUT2D eigenvalue weighted by molar-refractivity contribution is -0.136. The number of rotatable bonds is 4. The van der Waals surface area contributed by atoms with Gasteiger partial charge in [0.15, 0.2) is 0 Å². The van der Waals surface area contributed by atoms with Crippen molar-refractivity contribution in [1.29, 1.82) is 0 Å². The second kappa shape index (κ2) is 8.16. The van der Waals surface area contributed by atoms with Gasteiger partial charge in [-0.1, -0.05) is 18.6 Å². The van der Waals surface area contributed by atoms with Crippen LogP contribution >= 0.6 is 0 Å². The number of nitrogens with one attached hydrogen (secondary N) is 3. The highest BCUT2D eigenvalue weighted by molar-refractivity contribution is 6.24. The first-order valence-electron chi connectivity index (χ1n) is 11.3. The third-order valence-electron chi connectivity index (χ3n) is 7.27. The van der Waals surface area contributed by atoms with E-state index in [-0.39, 0.29) is 18.7 Å². The van der Waals surface area contributed by atoms with Crippen LogP contribution in [0.25, 0.3) is 0 Å². The molecule has 31 heavy (non-hydrogen) atoms. The smallest absolute Gasteiger partial charge is 0.262 e. The highest BCUT2D eigenvalue weighted by atomic mass is 16.2. The van der Waals surface area contributed by atoms with E-state index in [1.165, 1.54) is 25.7 Å². The van der Waals surface area contributed by atoms with E-state index in [4.69, 9.17) is 0 Å². The van der Waals surface area contributed by atoms with Crippen LogP contribution in [0.2, 0.25) is 0 Å². The van der Waals surface area contributed by atoms with E-state index in [0.717, 1.165) is 23.4 Å². The zero-order valence-corrected chi connectivity index (χ0v) is 17.5. The number of nitrogens with zero attached hydrogens (tertiary/aromatic N) is 1. The zero-order valence-electron chi connectivity index (χ0n) is 17.5. The summed E-state index contributed by atoms with van der Waals surface area (Å²) in [5, 5.41) is 9.55. The summed E-state index contributed by atoms with van der Waals surface area (Å²) in [7, 11) is 0. The maximum atomic E-state index is 13.2. The van der Waals surface area contributed by atoms with Crippen molar-refractivity contribution >= 4 is 23.6 Å². The average molecular weight is 425 g/mol. The third-order valence-corrected chi connectivity index (χ3v) is 7.27. The van der Waals surface area contributed by atoms with Gasteiger partial charge in [-0.25, -0.2) is 0 Å². The van der Waals surface area contributed by atoms with Crippen molar-refractivity contribution < 1.29 is 19.2 Å². The van der Waals surface area contributed by atoms with Gasteiger partial charge in [0, 0.05) is 25.0 Å². The number of fused-ring (bicyclic) bond motifs is 2. The van der Waals surface area contributed by atoms with E-state index in [0.29, 0.717) is 35.7 Å². The van der Waals surface area contributed by atoms with Crippen LogP contribution in [0.3, 0.4) is 0 Å². The molecule has 3 N–H and O–H groups in total. The maximum absolute atomic E-state index is 13.2. The Morgan fingerprint density at radius 3 is 2.68 bits per heavy atom. The van der Waals surface area contributed by atoms with Crippen molar-refractivity contribution in [2.45, 2.75) is 69.6 Å². The molecule has 1 aromatic rings. The van der Waals surface area contributed by atoms with Gasteiger partial charge in [-0.05, 0) is 56.2 Å². The molecule has 5 rings (SSSR count). The quantitative estimate of drug-likeness (QED) is 0.625. The van der Waals surface area contributed by atoms with Crippen molar-refractivity contribution in [3.8, 4) is 0 Å². The van der Waals surface area contributed by atoms with E-state index in [1.807, 2.05) is 6.07 Å². The first-order valence-corrected chi connectivity index (χ1v) is 11.3. The Morgan fingerprint density at radius 1 is 1.00 bits per heavy atom. The van der Waals surface area contributed by atoms with Gasteiger partial charge < -0.3 is 10.6 Å². The fraction of sp³-hybridized carbons (Fsp3) is 0.565. The topological polar surface area (TPSA) is 108 Å². The molecule has 4 atom stereocenters. The second-order valence-electron chi connectivity index (χ2n) is 9.09. The molecule has 164 valence electrons. The summed E-state index contributed by atoms with van der Waals surface area (Å²) in [6.07, 6.45) is 6.35. The molecular weight excluding hydrogens is 396 g/mol. The predicted molar refractivity (Wildman–Crippen MR) is 112 cm³/mol. The molecule has 4 unspecified atom stereocenters. The van der Waals surface area contributed by atoms with Crippen LogP contribution < -0.4 is 16.0 Å². The molecule has 1 aliphatic carbocycles. The zero-order chi connectivity index (χ0) is 21.5. The van der Waals surface area contributed by atoms with Gasteiger partial charge >= 0.3 is 0 Å². The number of amides is 4. The number of benzene rings is 1. The molecule has 0 spiro atoms. The van der Waals surface area contributed by atoms with Crippen LogP contribution in [0, 0.1) is 5.92 Å². The summed E-state index contributed by atoms with van der Waals surface area (Å²) in [5.41, 5.74) is 1.50. The Hall–Kier alpha value is -2.58. The Morgan fingerprint density at radius 2 is 1.84 bits per heavy atom. The number of carbonyl (C=O) groups excluding carboxylic acids is 4. The minimum atomic E-state index is -0.934. The van der Waals surface area contributed by atoms with E-state index >= 15 is 0 Å². The van der Waals surface area contributed by atoms with Crippen LogP contribution in [0.15, 0.2) is 18.2 Å². The second-order valence-corrected chi connectivity index (χ2v) is 9.09. The molecule has 0 radical (unpaired) electrons. The van der Waals surface area contributed by atoms with Crippen LogP contribution in [-0.2, 0) is 16.1 Å². The van der Waals surface area contributed by atoms with Gasteiger partial charge in [-0.2, -0.15) is 0 Å². The highest BCUT2D eigenvalue weighted by Gasteiger charge is 2.45. The Kier molecular flexibility index (Phi) is 5.35. The molecule has 3 aliphatic heterocycles. The summed E-state index contributed by atoms with van der Waals surface area (Å²) in [4.78, 5) is 51.0. The largest absolute Gasteiger partial charge is 0.312 e. The normalized spacial score (nSPS) is 30.8. The van der Waals surface area contributed by atoms with Gasteiger partial charge in [-0.3, -0.25) is 29.4 Å². The SMILES string of the molecule is O=C1CCC(N2C(=O)c3cccc(CNC4CCCC5CCCNC54)c3C2=O)C(=O)N1. The van der Waals surface area contributed by atoms with Gasteiger partial charge in [0.25, 0.3) is 11.8 Å². The summed E-state index contributed by atoms with van der Waals surface area (Å²) >= 11 is 0. The van der Waals surface area contributed by atoms with Crippen LogP contribution in [-0.4, -0.2) is 53.2 Å². The van der Waals surface area contributed by atoms with Crippen LogP contribution in [0.4, 0.5) is 0 Å². The van der Waals surface area contributed by atoms with Crippen LogP contribution in [0.1, 0.15) is 71.2 Å². The molecule has 1 aromatic carbocycles. The number of hydrogen-bond acceptors (Lipinski definition) is 6. The van der Waals surface area contributed by atoms with Gasteiger partial charge in [0.05, 0.1) is 11.1 Å². The van der Waals surface area contributed by atoms with Gasteiger partial charge in [-0.15, -0.1) is 0 Å². The molecule has 8 nitrogen and oxygen atoms in total. The van der Waals surface area contributed by atoms with Gasteiger partial charge in [0.1, 0.15) is 6.04 Å². The van der Waals surface area contributed by atoms with Crippen molar-refractivity contribution in [1.82, 2.24) is 20.9 Å². The fourth-order valence-corrected chi connectivity index (χ4v) is 5.76. The predicted octanol–water partition coefficient (Wildman–Crippen LogP) is 1.10. The Bertz CT molecular complexity index is 944. The van der Waals surface area contributed by atoms with E-state index in [9.17, 15) is 19.2 Å². The van der Waals surface area contributed by atoms with Crippen molar-refractivity contribution in [3.63, 3.8) is 0 Å². The highest BCUT2D eigenvalue weighted by Crippen LogP contribution is 2.32. The number of carbonyl (C=O) groups is 4. The van der Waals surface area contributed by atoms with Gasteiger partial charge in [0.2, 0.25) is 11.8 Å². The Labute approximate surface area is 181 Å². The summed E-state index contributed by atoms with van der Waals surface area (Å²) < 4.78 is 0. The van der Waals surface area contributed by atoms with E-state index < -0.39 is 23.8 Å². The summed E-state index contributed by atoms with van der Waals surface area (Å²) in [5.74, 6) is -1.15.